The number of hydrogen-bond donors (Lipinski definition) is 0. The summed E-state index contributed by atoms with van der Waals surface area (Å²) in [6.45, 7) is 11.9. The van der Waals surface area contributed by atoms with Gasteiger partial charge in [-0.25, -0.2) is 4.39 Å². The van der Waals surface area contributed by atoms with Crippen molar-refractivity contribution >= 4 is 5.57 Å². The minimum atomic E-state index is -0.244. The Kier molecular flexibility index (Phi) is 7.35. The van der Waals surface area contributed by atoms with Crippen LogP contribution in [0.2, 0.25) is 0 Å². The van der Waals surface area contributed by atoms with Crippen LogP contribution in [0.1, 0.15) is 37.8 Å². The van der Waals surface area contributed by atoms with Crippen LogP contribution in [0.25, 0.3) is 16.7 Å². The van der Waals surface area contributed by atoms with Crippen molar-refractivity contribution in [1.29, 1.82) is 0 Å². The predicted molar refractivity (Wildman–Crippen MR) is 113 cm³/mol. The Balaban J connectivity index is 2.18. The van der Waals surface area contributed by atoms with Gasteiger partial charge >= 0.3 is 0 Å². The van der Waals surface area contributed by atoms with Crippen LogP contribution in [-0.2, 0) is 6.42 Å². The fourth-order valence-corrected chi connectivity index (χ4v) is 2.80. The largest absolute Gasteiger partial charge is 0.206 e. The molecule has 2 aromatic rings. The zero-order chi connectivity index (χ0) is 18.9. The van der Waals surface area contributed by atoms with E-state index < -0.39 is 0 Å². The first kappa shape index (κ1) is 19.7. The molecule has 0 aliphatic carbocycles. The quantitative estimate of drug-likeness (QED) is 0.342. The van der Waals surface area contributed by atoms with E-state index in [1.807, 2.05) is 49.4 Å². The molecule has 2 aromatic carbocycles. The lowest BCUT2D eigenvalue weighted by Crippen LogP contribution is -1.90. The van der Waals surface area contributed by atoms with E-state index in [9.17, 15) is 4.39 Å². The molecule has 0 saturated carbocycles. The van der Waals surface area contributed by atoms with E-state index in [0.29, 0.717) is 11.1 Å². The average molecular weight is 346 g/mol. The summed E-state index contributed by atoms with van der Waals surface area (Å²) in [5.74, 6) is -0.244. The monoisotopic (exact) mass is 346 g/mol. The Labute approximate surface area is 157 Å². The van der Waals surface area contributed by atoms with E-state index in [0.717, 1.165) is 30.4 Å². The normalized spacial score (nSPS) is 11.7. The van der Waals surface area contributed by atoms with Crippen molar-refractivity contribution in [2.45, 2.75) is 33.1 Å². The molecule has 0 fully saturated rings. The van der Waals surface area contributed by atoms with Crippen molar-refractivity contribution in [2.24, 2.45) is 0 Å². The number of rotatable bonds is 8. The maximum atomic E-state index is 14.6. The summed E-state index contributed by atoms with van der Waals surface area (Å²) in [6, 6.07) is 13.6. The van der Waals surface area contributed by atoms with Crippen molar-refractivity contribution in [3.05, 3.63) is 102 Å². The third-order valence-corrected chi connectivity index (χ3v) is 4.52. The molecule has 0 N–H and O–H groups in total. The van der Waals surface area contributed by atoms with E-state index in [-0.39, 0.29) is 5.82 Å². The highest BCUT2D eigenvalue weighted by Gasteiger charge is 2.07. The van der Waals surface area contributed by atoms with Crippen molar-refractivity contribution in [3.8, 4) is 11.1 Å². The SMILES string of the molecule is C=CCCc1ccc(-c2ccc(C(=C)/C=C\C(=C/C)CC)c(F)c2)cc1. The van der Waals surface area contributed by atoms with Gasteiger partial charge in [0.1, 0.15) is 5.82 Å². The fraction of sp³-hybridized carbons (Fsp3) is 0.200. The van der Waals surface area contributed by atoms with E-state index in [2.05, 4.69) is 38.3 Å². The van der Waals surface area contributed by atoms with Crippen LogP contribution in [-0.4, -0.2) is 0 Å². The molecule has 0 nitrogen and oxygen atoms in total. The minimum absolute atomic E-state index is 0.244. The van der Waals surface area contributed by atoms with Gasteiger partial charge < -0.3 is 0 Å². The highest BCUT2D eigenvalue weighted by atomic mass is 19.1. The first-order valence-electron chi connectivity index (χ1n) is 9.11. The lowest BCUT2D eigenvalue weighted by molar-refractivity contribution is 0.625. The van der Waals surface area contributed by atoms with Crippen molar-refractivity contribution in [3.63, 3.8) is 0 Å². The molecule has 2 rings (SSSR count). The van der Waals surface area contributed by atoms with Crippen LogP contribution in [0.15, 0.2) is 85.5 Å². The minimum Gasteiger partial charge on any atom is -0.206 e. The first-order chi connectivity index (χ1) is 12.6. The summed E-state index contributed by atoms with van der Waals surface area (Å²) in [4.78, 5) is 0. The highest BCUT2D eigenvalue weighted by molar-refractivity contribution is 5.75. The third-order valence-electron chi connectivity index (χ3n) is 4.52. The molecule has 0 aromatic heterocycles. The molecule has 0 bridgehead atoms. The molecule has 0 spiro atoms. The molecule has 0 aliphatic rings. The van der Waals surface area contributed by atoms with Gasteiger partial charge in [0.05, 0.1) is 0 Å². The Morgan fingerprint density at radius 3 is 2.31 bits per heavy atom. The van der Waals surface area contributed by atoms with Gasteiger partial charge in [-0.2, -0.15) is 0 Å². The molecule has 0 aliphatic heterocycles. The molecule has 0 amide bonds. The topological polar surface area (TPSA) is 0 Å². The van der Waals surface area contributed by atoms with E-state index in [1.54, 1.807) is 6.07 Å². The standard InChI is InChI=1S/C25H27F/c1-5-8-9-21-12-14-22(15-13-21)23-16-17-24(25(26)18-23)19(4)10-11-20(6-2)7-3/h5-6,10-18H,1,4,7-9H2,2-3H3/b11-10-,20-6-. The number of halogens is 1. The Hall–Kier alpha value is -2.67. The number of benzene rings is 2. The zero-order valence-corrected chi connectivity index (χ0v) is 15.8. The lowest BCUT2D eigenvalue weighted by Gasteiger charge is -2.08. The van der Waals surface area contributed by atoms with Crippen LogP contribution >= 0.6 is 0 Å². The van der Waals surface area contributed by atoms with Gasteiger partial charge in [0, 0.05) is 5.56 Å². The average Bonchev–Trinajstić information content (AvgIpc) is 2.67. The molecule has 0 heterocycles. The van der Waals surface area contributed by atoms with Crippen molar-refractivity contribution in [1.82, 2.24) is 0 Å². The van der Waals surface area contributed by atoms with Crippen molar-refractivity contribution in [2.75, 3.05) is 0 Å². The van der Waals surface area contributed by atoms with Crippen molar-refractivity contribution < 1.29 is 4.39 Å². The third kappa shape index (κ3) is 5.16. The summed E-state index contributed by atoms with van der Waals surface area (Å²) >= 11 is 0. The second-order valence-electron chi connectivity index (χ2n) is 6.29. The van der Waals surface area contributed by atoms with Gasteiger partial charge in [0.15, 0.2) is 0 Å². The summed E-state index contributed by atoms with van der Waals surface area (Å²) in [6.07, 6.45) is 10.7. The molecule has 0 unspecified atom stereocenters. The van der Waals surface area contributed by atoms with Crippen LogP contribution in [0.5, 0.6) is 0 Å². The molecule has 0 atom stereocenters. The molecular weight excluding hydrogens is 319 g/mol. The molecule has 26 heavy (non-hydrogen) atoms. The van der Waals surface area contributed by atoms with Gasteiger partial charge in [-0.15, -0.1) is 6.58 Å². The maximum Gasteiger partial charge on any atom is 0.131 e. The Bertz CT molecular complexity index is 820. The van der Waals surface area contributed by atoms with E-state index in [4.69, 9.17) is 0 Å². The summed E-state index contributed by atoms with van der Waals surface area (Å²) in [7, 11) is 0. The lowest BCUT2D eigenvalue weighted by atomic mass is 9.98. The number of aryl methyl sites for hydroxylation is 1. The molecule has 0 saturated heterocycles. The highest BCUT2D eigenvalue weighted by Crippen LogP contribution is 2.26. The Morgan fingerprint density at radius 2 is 1.73 bits per heavy atom. The van der Waals surface area contributed by atoms with Gasteiger partial charge in [-0.1, -0.05) is 79.8 Å². The molecule has 134 valence electrons. The van der Waals surface area contributed by atoms with Gasteiger partial charge in [0.25, 0.3) is 0 Å². The summed E-state index contributed by atoms with van der Waals surface area (Å²) in [5.41, 5.74) is 5.59. The zero-order valence-electron chi connectivity index (χ0n) is 15.8. The van der Waals surface area contributed by atoms with Crippen LogP contribution in [0, 0.1) is 5.82 Å². The van der Waals surface area contributed by atoms with Crippen LogP contribution < -0.4 is 0 Å². The molecular formula is C25H27F. The maximum absolute atomic E-state index is 14.6. The first-order valence-corrected chi connectivity index (χ1v) is 9.11. The Morgan fingerprint density at radius 1 is 1.04 bits per heavy atom. The smallest absolute Gasteiger partial charge is 0.131 e. The second kappa shape index (κ2) is 9.72. The van der Waals surface area contributed by atoms with Gasteiger partial charge in [0.2, 0.25) is 0 Å². The summed E-state index contributed by atoms with van der Waals surface area (Å²) in [5, 5.41) is 0. The van der Waals surface area contributed by atoms with Crippen LogP contribution in [0.4, 0.5) is 4.39 Å². The van der Waals surface area contributed by atoms with Crippen LogP contribution in [0.3, 0.4) is 0 Å². The number of allylic oxidation sites excluding steroid dienone is 6. The fourth-order valence-electron chi connectivity index (χ4n) is 2.80. The van der Waals surface area contributed by atoms with E-state index >= 15 is 0 Å². The van der Waals surface area contributed by atoms with E-state index in [1.165, 1.54) is 11.1 Å². The van der Waals surface area contributed by atoms with Gasteiger partial charge in [-0.05, 0) is 54.5 Å². The summed E-state index contributed by atoms with van der Waals surface area (Å²) < 4.78 is 14.6. The van der Waals surface area contributed by atoms with Gasteiger partial charge in [-0.3, -0.25) is 0 Å². The predicted octanol–water partition coefficient (Wildman–Crippen LogP) is 7.54. The molecule has 0 radical (unpaired) electrons. The second-order valence-corrected chi connectivity index (χ2v) is 6.29. The molecule has 1 heteroatoms. The number of hydrogen-bond acceptors (Lipinski definition) is 0.